The molecule has 0 bridgehead atoms. The summed E-state index contributed by atoms with van der Waals surface area (Å²) in [5.41, 5.74) is 1.59. The van der Waals surface area contributed by atoms with Crippen LogP contribution in [-0.2, 0) is 0 Å². The van der Waals surface area contributed by atoms with Gasteiger partial charge in [-0.25, -0.2) is 0 Å². The number of hydrogen-bond donors (Lipinski definition) is 0. The van der Waals surface area contributed by atoms with Gasteiger partial charge in [-0.05, 0) is 37.6 Å². The molecule has 1 atom stereocenters. The quantitative estimate of drug-likeness (QED) is 0.569. The monoisotopic (exact) mass is 212 g/mol. The molecule has 0 fully saturated rings. The van der Waals surface area contributed by atoms with Gasteiger partial charge in [-0.15, -0.1) is 11.6 Å². The Kier molecular flexibility index (Phi) is 3.53. The third kappa shape index (κ3) is 2.48. The van der Waals surface area contributed by atoms with Crippen molar-refractivity contribution in [1.82, 2.24) is 0 Å². The number of ketones is 1. The Balaban J connectivity index is 3.09. The lowest BCUT2D eigenvalue weighted by atomic mass is 10.1. The van der Waals surface area contributed by atoms with Crippen molar-refractivity contribution >= 4 is 17.4 Å². The van der Waals surface area contributed by atoms with E-state index in [1.54, 1.807) is 20.1 Å². The summed E-state index contributed by atoms with van der Waals surface area (Å²) in [6.45, 7) is 3.58. The van der Waals surface area contributed by atoms with Crippen molar-refractivity contribution in [2.24, 2.45) is 0 Å². The van der Waals surface area contributed by atoms with E-state index >= 15 is 0 Å². The van der Waals surface area contributed by atoms with Crippen LogP contribution in [0.5, 0.6) is 5.75 Å². The lowest BCUT2D eigenvalue weighted by Crippen LogP contribution is -2.10. The van der Waals surface area contributed by atoms with Gasteiger partial charge in [-0.3, -0.25) is 4.79 Å². The van der Waals surface area contributed by atoms with Crippen molar-refractivity contribution in [3.8, 4) is 5.75 Å². The van der Waals surface area contributed by atoms with Crippen LogP contribution in [0.1, 0.15) is 22.8 Å². The van der Waals surface area contributed by atoms with E-state index in [-0.39, 0.29) is 5.78 Å². The summed E-state index contributed by atoms with van der Waals surface area (Å²) in [5, 5.41) is -0.499. The normalized spacial score (nSPS) is 12.3. The van der Waals surface area contributed by atoms with Gasteiger partial charge in [0.15, 0.2) is 5.78 Å². The Hall–Kier alpha value is -1.02. The van der Waals surface area contributed by atoms with E-state index in [0.29, 0.717) is 11.3 Å². The standard InChI is InChI=1S/C11H13ClO2/c1-7-4-9(11(13)8(2)12)6-10(5-7)14-3/h4-6,8H,1-3H3. The van der Waals surface area contributed by atoms with Crippen LogP contribution in [0.4, 0.5) is 0 Å². The summed E-state index contributed by atoms with van der Waals surface area (Å²) in [5.74, 6) is 0.610. The fourth-order valence-electron chi connectivity index (χ4n) is 1.24. The third-order valence-electron chi connectivity index (χ3n) is 1.93. The summed E-state index contributed by atoms with van der Waals surface area (Å²) in [4.78, 5) is 11.6. The number of carbonyl (C=O) groups excluding carboxylic acids is 1. The fraction of sp³-hybridized carbons (Fsp3) is 0.364. The van der Waals surface area contributed by atoms with Gasteiger partial charge >= 0.3 is 0 Å². The fourth-order valence-corrected chi connectivity index (χ4v) is 1.36. The molecule has 0 radical (unpaired) electrons. The highest BCUT2D eigenvalue weighted by molar-refractivity contribution is 6.33. The number of Topliss-reactive ketones (excluding diaryl/α,β-unsaturated/α-hetero) is 1. The zero-order chi connectivity index (χ0) is 10.7. The number of carbonyl (C=O) groups is 1. The summed E-state index contributed by atoms with van der Waals surface area (Å²) in [6, 6.07) is 5.38. The molecule has 0 spiro atoms. The van der Waals surface area contributed by atoms with Gasteiger partial charge in [0.1, 0.15) is 5.75 Å². The number of ether oxygens (including phenoxy) is 1. The first-order chi connectivity index (χ1) is 6.54. The maximum Gasteiger partial charge on any atom is 0.180 e. The van der Waals surface area contributed by atoms with E-state index < -0.39 is 5.38 Å². The Bertz CT molecular complexity index is 345. The maximum atomic E-state index is 11.6. The summed E-state index contributed by atoms with van der Waals surface area (Å²) < 4.78 is 5.07. The molecule has 0 heterocycles. The highest BCUT2D eigenvalue weighted by Crippen LogP contribution is 2.18. The molecule has 0 saturated heterocycles. The van der Waals surface area contributed by atoms with Crippen LogP contribution in [0.15, 0.2) is 18.2 Å². The molecular weight excluding hydrogens is 200 g/mol. The molecule has 76 valence electrons. The highest BCUT2D eigenvalue weighted by Gasteiger charge is 2.13. The first-order valence-corrected chi connectivity index (χ1v) is 4.82. The van der Waals surface area contributed by atoms with E-state index in [2.05, 4.69) is 0 Å². The lowest BCUT2D eigenvalue weighted by Gasteiger charge is -2.06. The second kappa shape index (κ2) is 4.47. The Morgan fingerprint density at radius 2 is 2.07 bits per heavy atom. The van der Waals surface area contributed by atoms with Gasteiger partial charge in [0.2, 0.25) is 0 Å². The van der Waals surface area contributed by atoms with Gasteiger partial charge in [0, 0.05) is 5.56 Å². The molecular formula is C11H13ClO2. The lowest BCUT2D eigenvalue weighted by molar-refractivity contribution is 0.0991. The van der Waals surface area contributed by atoms with Crippen molar-refractivity contribution in [2.75, 3.05) is 7.11 Å². The Labute approximate surface area is 88.8 Å². The largest absolute Gasteiger partial charge is 0.497 e. The molecule has 0 aliphatic rings. The van der Waals surface area contributed by atoms with Gasteiger partial charge in [-0.1, -0.05) is 0 Å². The predicted molar refractivity (Wildman–Crippen MR) is 57.4 cm³/mol. The van der Waals surface area contributed by atoms with Crippen LogP contribution in [0.3, 0.4) is 0 Å². The second-order valence-electron chi connectivity index (χ2n) is 3.22. The maximum absolute atomic E-state index is 11.6. The molecule has 14 heavy (non-hydrogen) atoms. The molecule has 0 saturated carbocycles. The second-order valence-corrected chi connectivity index (χ2v) is 3.87. The molecule has 1 unspecified atom stereocenters. The minimum Gasteiger partial charge on any atom is -0.497 e. The molecule has 0 aliphatic carbocycles. The molecule has 0 amide bonds. The number of methoxy groups -OCH3 is 1. The van der Waals surface area contributed by atoms with Crippen LogP contribution in [0, 0.1) is 6.92 Å². The van der Waals surface area contributed by atoms with Gasteiger partial charge in [-0.2, -0.15) is 0 Å². The molecule has 3 heteroatoms. The molecule has 0 aromatic heterocycles. The zero-order valence-corrected chi connectivity index (χ0v) is 9.26. The highest BCUT2D eigenvalue weighted by atomic mass is 35.5. The number of hydrogen-bond acceptors (Lipinski definition) is 2. The van der Waals surface area contributed by atoms with Crippen LogP contribution < -0.4 is 4.74 Å². The number of rotatable bonds is 3. The molecule has 1 aromatic rings. The average molecular weight is 213 g/mol. The molecule has 0 N–H and O–H groups in total. The average Bonchev–Trinajstić information content (AvgIpc) is 2.15. The van der Waals surface area contributed by atoms with Crippen LogP contribution in [0.25, 0.3) is 0 Å². The molecule has 1 rings (SSSR count). The van der Waals surface area contributed by atoms with E-state index in [9.17, 15) is 4.79 Å². The summed E-state index contributed by atoms with van der Waals surface area (Å²) >= 11 is 5.72. The number of alkyl halides is 1. The number of halogens is 1. The van der Waals surface area contributed by atoms with Crippen molar-refractivity contribution in [2.45, 2.75) is 19.2 Å². The minimum atomic E-state index is -0.499. The predicted octanol–water partition coefficient (Wildman–Crippen LogP) is 2.81. The summed E-state index contributed by atoms with van der Waals surface area (Å²) in [6.07, 6.45) is 0. The van der Waals surface area contributed by atoms with Crippen molar-refractivity contribution < 1.29 is 9.53 Å². The van der Waals surface area contributed by atoms with Gasteiger partial charge in [0.25, 0.3) is 0 Å². The van der Waals surface area contributed by atoms with Crippen molar-refractivity contribution in [3.05, 3.63) is 29.3 Å². The van der Waals surface area contributed by atoms with E-state index in [1.807, 2.05) is 19.1 Å². The number of aryl methyl sites for hydroxylation is 1. The van der Waals surface area contributed by atoms with E-state index in [1.165, 1.54) is 0 Å². The SMILES string of the molecule is COc1cc(C)cc(C(=O)C(C)Cl)c1. The third-order valence-corrected chi connectivity index (χ3v) is 2.13. The van der Waals surface area contributed by atoms with Crippen LogP contribution in [-0.4, -0.2) is 18.3 Å². The smallest absolute Gasteiger partial charge is 0.180 e. The van der Waals surface area contributed by atoms with E-state index in [0.717, 1.165) is 5.56 Å². The van der Waals surface area contributed by atoms with Gasteiger partial charge < -0.3 is 4.74 Å². The first-order valence-electron chi connectivity index (χ1n) is 4.38. The summed E-state index contributed by atoms with van der Waals surface area (Å²) in [7, 11) is 1.58. The van der Waals surface area contributed by atoms with Crippen LogP contribution >= 0.6 is 11.6 Å². The minimum absolute atomic E-state index is 0.0753. The van der Waals surface area contributed by atoms with Crippen LogP contribution in [0.2, 0.25) is 0 Å². The van der Waals surface area contributed by atoms with Crippen molar-refractivity contribution in [3.63, 3.8) is 0 Å². The van der Waals surface area contributed by atoms with Gasteiger partial charge in [0.05, 0.1) is 12.5 Å². The Morgan fingerprint density at radius 1 is 1.43 bits per heavy atom. The molecule has 2 nitrogen and oxygen atoms in total. The number of benzene rings is 1. The van der Waals surface area contributed by atoms with Crippen molar-refractivity contribution in [1.29, 1.82) is 0 Å². The molecule has 1 aromatic carbocycles. The molecule has 0 aliphatic heterocycles. The Morgan fingerprint density at radius 3 is 2.57 bits per heavy atom. The first kappa shape index (κ1) is 11.1. The topological polar surface area (TPSA) is 26.3 Å². The zero-order valence-electron chi connectivity index (χ0n) is 8.50. The van der Waals surface area contributed by atoms with E-state index in [4.69, 9.17) is 16.3 Å².